The number of aryl methyl sites for hydroxylation is 1. The van der Waals surface area contributed by atoms with E-state index in [0.717, 1.165) is 46.4 Å². The van der Waals surface area contributed by atoms with Crippen molar-refractivity contribution in [1.29, 1.82) is 0 Å². The van der Waals surface area contributed by atoms with Crippen molar-refractivity contribution >= 4 is 23.2 Å². The number of nitrogens with zero attached hydrogens (tertiary/aromatic N) is 2. The minimum Gasteiger partial charge on any atom is -0.391 e. The second-order valence-corrected chi connectivity index (χ2v) is 15.7. The lowest BCUT2D eigenvalue weighted by molar-refractivity contribution is -0.142. The van der Waals surface area contributed by atoms with Crippen molar-refractivity contribution in [2.45, 2.75) is 136 Å². The predicted molar refractivity (Wildman–Crippen MR) is 178 cm³/mol. The van der Waals surface area contributed by atoms with Crippen molar-refractivity contribution in [1.82, 2.24) is 20.5 Å². The SMILES string of the molecule is Cc1ncsc1-c1ccc([C@H](C)NC(=O)[C@@H]2C[C@@H](O)CN2C(=O)[C@@H](NC2CCCC(C3CCCCCC3)C2)C(C)(C)C)cc1. The Bertz CT molecular complexity index is 1250. The molecule has 2 unspecified atom stereocenters. The van der Waals surface area contributed by atoms with Crippen molar-refractivity contribution in [3.05, 3.63) is 41.0 Å². The third kappa shape index (κ3) is 7.91. The van der Waals surface area contributed by atoms with Crippen molar-refractivity contribution in [3.8, 4) is 10.4 Å². The number of nitrogens with one attached hydrogen (secondary N) is 2. The zero-order valence-electron chi connectivity index (χ0n) is 27.5. The number of benzene rings is 1. The molecule has 2 amide bonds. The number of carbonyl (C=O) groups is 2. The lowest BCUT2D eigenvalue weighted by Crippen LogP contribution is -2.59. The molecule has 1 aromatic carbocycles. The van der Waals surface area contributed by atoms with Gasteiger partial charge in [0.1, 0.15) is 6.04 Å². The van der Waals surface area contributed by atoms with Crippen LogP contribution in [0.4, 0.5) is 0 Å². The monoisotopic (exact) mass is 622 g/mol. The van der Waals surface area contributed by atoms with Crippen LogP contribution >= 0.6 is 11.3 Å². The number of carbonyl (C=O) groups excluding carboxylic acids is 2. The lowest BCUT2D eigenvalue weighted by atomic mass is 9.74. The summed E-state index contributed by atoms with van der Waals surface area (Å²) in [6, 6.07) is 7.19. The Morgan fingerprint density at radius 2 is 1.66 bits per heavy atom. The molecule has 3 N–H and O–H groups in total. The largest absolute Gasteiger partial charge is 0.391 e. The summed E-state index contributed by atoms with van der Waals surface area (Å²) in [7, 11) is 0. The van der Waals surface area contributed by atoms with Crippen LogP contribution in [0.5, 0.6) is 0 Å². The molecule has 2 saturated carbocycles. The van der Waals surface area contributed by atoms with E-state index in [-0.39, 0.29) is 36.2 Å². The summed E-state index contributed by atoms with van der Waals surface area (Å²) in [5.41, 5.74) is 4.65. The number of hydrogen-bond donors (Lipinski definition) is 3. The van der Waals surface area contributed by atoms with Gasteiger partial charge in [-0.25, -0.2) is 4.98 Å². The highest BCUT2D eigenvalue weighted by Gasteiger charge is 2.45. The molecule has 6 atom stereocenters. The predicted octanol–water partition coefficient (Wildman–Crippen LogP) is 6.79. The molecule has 0 bridgehead atoms. The van der Waals surface area contributed by atoms with E-state index in [4.69, 9.17) is 0 Å². The quantitative estimate of drug-likeness (QED) is 0.282. The van der Waals surface area contributed by atoms with E-state index in [2.05, 4.69) is 48.5 Å². The van der Waals surface area contributed by atoms with E-state index in [1.165, 1.54) is 51.4 Å². The summed E-state index contributed by atoms with van der Waals surface area (Å²) in [5, 5.41) is 17.6. The van der Waals surface area contributed by atoms with Crippen LogP contribution in [0.15, 0.2) is 29.8 Å². The Kier molecular flexibility index (Phi) is 10.8. The molecule has 242 valence electrons. The van der Waals surface area contributed by atoms with Gasteiger partial charge in [0.05, 0.1) is 34.3 Å². The summed E-state index contributed by atoms with van der Waals surface area (Å²) in [6.45, 7) is 10.5. The van der Waals surface area contributed by atoms with Gasteiger partial charge in [0, 0.05) is 19.0 Å². The Morgan fingerprint density at radius 3 is 2.30 bits per heavy atom. The molecule has 0 radical (unpaired) electrons. The van der Waals surface area contributed by atoms with Crippen LogP contribution in [0.2, 0.25) is 0 Å². The van der Waals surface area contributed by atoms with Crippen molar-refractivity contribution in [2.24, 2.45) is 17.3 Å². The van der Waals surface area contributed by atoms with E-state index in [1.807, 2.05) is 31.5 Å². The molecule has 7 nitrogen and oxygen atoms in total. The van der Waals surface area contributed by atoms with Crippen molar-refractivity contribution < 1.29 is 14.7 Å². The fourth-order valence-electron chi connectivity index (χ4n) is 7.88. The zero-order valence-corrected chi connectivity index (χ0v) is 28.3. The summed E-state index contributed by atoms with van der Waals surface area (Å²) < 4.78 is 0. The first-order chi connectivity index (χ1) is 21.0. The number of amides is 2. The molecule has 3 fully saturated rings. The van der Waals surface area contributed by atoms with Crippen LogP contribution in [0.1, 0.15) is 116 Å². The highest BCUT2D eigenvalue weighted by molar-refractivity contribution is 7.13. The first kappa shape index (κ1) is 33.1. The van der Waals surface area contributed by atoms with Gasteiger partial charge in [-0.3, -0.25) is 9.59 Å². The van der Waals surface area contributed by atoms with E-state index in [1.54, 1.807) is 16.2 Å². The van der Waals surface area contributed by atoms with Crippen LogP contribution in [-0.2, 0) is 9.59 Å². The molecule has 0 spiro atoms. The molecular weight excluding hydrogens is 568 g/mol. The maximum absolute atomic E-state index is 14.3. The Hall–Kier alpha value is -2.29. The van der Waals surface area contributed by atoms with E-state index >= 15 is 0 Å². The number of thiazole rings is 1. The summed E-state index contributed by atoms with van der Waals surface area (Å²) >= 11 is 1.62. The van der Waals surface area contributed by atoms with Crippen LogP contribution in [-0.4, -0.2) is 57.6 Å². The van der Waals surface area contributed by atoms with Crippen LogP contribution in [0, 0.1) is 24.2 Å². The molecule has 2 heterocycles. The van der Waals surface area contributed by atoms with E-state index in [0.29, 0.717) is 6.04 Å². The van der Waals surface area contributed by atoms with Crippen LogP contribution in [0.25, 0.3) is 10.4 Å². The number of hydrogen-bond acceptors (Lipinski definition) is 6. The maximum Gasteiger partial charge on any atom is 0.243 e. The molecule has 1 saturated heterocycles. The molecule has 3 aliphatic rings. The van der Waals surface area contributed by atoms with Crippen molar-refractivity contribution in [3.63, 3.8) is 0 Å². The molecule has 8 heteroatoms. The lowest BCUT2D eigenvalue weighted by Gasteiger charge is -2.41. The first-order valence-electron chi connectivity index (χ1n) is 17.1. The highest BCUT2D eigenvalue weighted by atomic mass is 32.1. The second-order valence-electron chi connectivity index (χ2n) is 14.9. The van der Waals surface area contributed by atoms with E-state index < -0.39 is 18.2 Å². The van der Waals surface area contributed by atoms with Gasteiger partial charge in [-0.2, -0.15) is 0 Å². The molecule has 2 aliphatic carbocycles. The Morgan fingerprint density at radius 1 is 0.977 bits per heavy atom. The number of β-amino-alcohol motifs (C(OH)–C–C–N with tert-alkyl or cyclic N) is 1. The Balaban J connectivity index is 1.24. The molecule has 5 rings (SSSR count). The van der Waals surface area contributed by atoms with Gasteiger partial charge >= 0.3 is 0 Å². The normalized spacial score (nSPS) is 26.6. The summed E-state index contributed by atoms with van der Waals surface area (Å²) in [5.74, 6) is 1.29. The number of aliphatic hydroxyl groups excluding tert-OH is 1. The molecule has 44 heavy (non-hydrogen) atoms. The van der Waals surface area contributed by atoms with Crippen LogP contribution < -0.4 is 10.6 Å². The van der Waals surface area contributed by atoms with Gasteiger partial charge in [-0.05, 0) is 55.1 Å². The summed E-state index contributed by atoms with van der Waals surface area (Å²) in [6.07, 6.45) is 12.5. The Labute approximate surface area is 268 Å². The maximum atomic E-state index is 14.3. The third-order valence-electron chi connectivity index (χ3n) is 10.4. The van der Waals surface area contributed by atoms with Gasteiger partial charge in [0.25, 0.3) is 0 Å². The van der Waals surface area contributed by atoms with Gasteiger partial charge in [-0.1, -0.05) is 96.4 Å². The number of likely N-dealkylation sites (tertiary alicyclic amines) is 1. The average molecular weight is 623 g/mol. The van der Waals surface area contributed by atoms with Gasteiger partial charge < -0.3 is 20.6 Å². The standard InChI is InChI=1S/C36H54N4O3S/c1-23(25-15-17-27(18-16-25)32-24(2)37-22-44-32)38-34(42)31-20-30(41)21-40(31)35(43)33(36(3,4)5)39-29-14-10-13-28(19-29)26-11-8-6-7-9-12-26/h15-18,22-23,26,28-31,33,39,41H,6-14,19-21H2,1-5H3,(H,38,42)/t23-,28?,29?,30+,31-,33+/m0/s1. The highest BCUT2D eigenvalue weighted by Crippen LogP contribution is 2.38. The van der Waals surface area contributed by atoms with Crippen molar-refractivity contribution in [2.75, 3.05) is 6.54 Å². The number of rotatable bonds is 8. The molecule has 1 aromatic heterocycles. The van der Waals surface area contributed by atoms with Gasteiger partial charge in [0.2, 0.25) is 11.8 Å². The average Bonchev–Trinajstić information content (AvgIpc) is 3.50. The minimum atomic E-state index is -0.707. The topological polar surface area (TPSA) is 94.6 Å². The molecule has 2 aromatic rings. The van der Waals surface area contributed by atoms with Crippen LogP contribution in [0.3, 0.4) is 0 Å². The fourth-order valence-corrected chi connectivity index (χ4v) is 8.70. The van der Waals surface area contributed by atoms with Gasteiger partial charge in [-0.15, -0.1) is 11.3 Å². The number of aliphatic hydroxyl groups is 1. The third-order valence-corrected chi connectivity index (χ3v) is 11.4. The first-order valence-corrected chi connectivity index (χ1v) is 17.9. The molecule has 1 aliphatic heterocycles. The van der Waals surface area contributed by atoms with Gasteiger partial charge in [0.15, 0.2) is 0 Å². The second kappa shape index (κ2) is 14.4. The number of aromatic nitrogens is 1. The fraction of sp³-hybridized carbons (Fsp3) is 0.694. The van der Waals surface area contributed by atoms with E-state index in [9.17, 15) is 14.7 Å². The molecular formula is C36H54N4O3S. The smallest absolute Gasteiger partial charge is 0.243 e. The zero-order chi connectivity index (χ0) is 31.4. The summed E-state index contributed by atoms with van der Waals surface area (Å²) in [4.78, 5) is 35.1. The minimum absolute atomic E-state index is 0.0669.